The van der Waals surface area contributed by atoms with Crippen molar-refractivity contribution in [2.45, 2.75) is 39.3 Å². The van der Waals surface area contributed by atoms with E-state index in [1.807, 2.05) is 13.8 Å². The van der Waals surface area contributed by atoms with Gasteiger partial charge in [0.05, 0.1) is 5.56 Å². The lowest BCUT2D eigenvalue weighted by atomic mass is 9.92. The van der Waals surface area contributed by atoms with Gasteiger partial charge in [-0.2, -0.15) is 13.2 Å². The van der Waals surface area contributed by atoms with E-state index in [1.165, 1.54) is 0 Å². The van der Waals surface area contributed by atoms with E-state index in [0.29, 0.717) is 25.0 Å². The predicted molar refractivity (Wildman–Crippen MR) is 64.4 cm³/mol. The van der Waals surface area contributed by atoms with Crippen LogP contribution >= 0.6 is 0 Å². The molecule has 0 amide bonds. The molecule has 0 atom stereocenters. The summed E-state index contributed by atoms with van der Waals surface area (Å²) in [6.07, 6.45) is -3.22. The summed E-state index contributed by atoms with van der Waals surface area (Å²) in [4.78, 5) is 11.9. The molecule has 0 fully saturated rings. The standard InChI is InChI=1S/C14H16F4O/c1-3-9(4-2)7-13(19)11-8-10(15)5-6-12(11)14(16,17)18/h5-6,8-9H,3-4,7H2,1-2H3. The van der Waals surface area contributed by atoms with Crippen molar-refractivity contribution in [1.29, 1.82) is 0 Å². The maximum absolute atomic E-state index is 13.1. The Hall–Kier alpha value is -1.39. The molecule has 0 bridgehead atoms. The summed E-state index contributed by atoms with van der Waals surface area (Å²) in [6, 6.07) is 2.01. The molecule has 1 aromatic rings. The SMILES string of the molecule is CCC(CC)CC(=O)c1cc(F)ccc1C(F)(F)F. The molecule has 1 nitrogen and oxygen atoms in total. The highest BCUT2D eigenvalue weighted by atomic mass is 19.4. The summed E-state index contributed by atoms with van der Waals surface area (Å²) in [5.41, 5.74) is -1.63. The number of hydrogen-bond acceptors (Lipinski definition) is 1. The lowest BCUT2D eigenvalue weighted by Gasteiger charge is -2.15. The molecule has 0 unspecified atom stereocenters. The monoisotopic (exact) mass is 276 g/mol. The lowest BCUT2D eigenvalue weighted by molar-refractivity contribution is -0.138. The van der Waals surface area contributed by atoms with Crippen LogP contribution in [0.15, 0.2) is 18.2 Å². The molecular weight excluding hydrogens is 260 g/mol. The van der Waals surface area contributed by atoms with E-state index in [2.05, 4.69) is 0 Å². The lowest BCUT2D eigenvalue weighted by Crippen LogP contribution is -2.15. The molecule has 0 heterocycles. The fourth-order valence-corrected chi connectivity index (χ4v) is 1.94. The van der Waals surface area contributed by atoms with Gasteiger partial charge in [-0.15, -0.1) is 0 Å². The van der Waals surface area contributed by atoms with Crippen molar-refractivity contribution in [2.24, 2.45) is 5.92 Å². The Morgan fingerprint density at radius 2 is 1.79 bits per heavy atom. The van der Waals surface area contributed by atoms with Crippen molar-refractivity contribution in [1.82, 2.24) is 0 Å². The van der Waals surface area contributed by atoms with Gasteiger partial charge >= 0.3 is 6.18 Å². The molecule has 106 valence electrons. The largest absolute Gasteiger partial charge is 0.417 e. The van der Waals surface area contributed by atoms with E-state index >= 15 is 0 Å². The van der Waals surface area contributed by atoms with Crippen molar-refractivity contribution >= 4 is 5.78 Å². The summed E-state index contributed by atoms with van der Waals surface area (Å²) >= 11 is 0. The first-order valence-corrected chi connectivity index (χ1v) is 6.19. The van der Waals surface area contributed by atoms with Crippen LogP contribution in [0.5, 0.6) is 0 Å². The summed E-state index contributed by atoms with van der Waals surface area (Å²) in [5.74, 6) is -1.46. The number of hydrogen-bond donors (Lipinski definition) is 0. The Morgan fingerprint density at radius 1 is 1.21 bits per heavy atom. The second kappa shape index (κ2) is 6.17. The highest BCUT2D eigenvalue weighted by molar-refractivity contribution is 5.97. The molecule has 0 aliphatic carbocycles. The van der Waals surface area contributed by atoms with Crippen LogP contribution in [0, 0.1) is 11.7 Å². The quantitative estimate of drug-likeness (QED) is 0.554. The highest BCUT2D eigenvalue weighted by Gasteiger charge is 2.35. The molecule has 0 saturated carbocycles. The third-order valence-electron chi connectivity index (χ3n) is 3.22. The van der Waals surface area contributed by atoms with Crippen molar-refractivity contribution in [3.05, 3.63) is 35.1 Å². The van der Waals surface area contributed by atoms with Crippen molar-refractivity contribution in [3.63, 3.8) is 0 Å². The third kappa shape index (κ3) is 4.04. The highest BCUT2D eigenvalue weighted by Crippen LogP contribution is 2.33. The first-order chi connectivity index (χ1) is 8.79. The van der Waals surface area contributed by atoms with Gasteiger partial charge in [0, 0.05) is 12.0 Å². The smallest absolute Gasteiger partial charge is 0.294 e. The van der Waals surface area contributed by atoms with Crippen LogP contribution in [-0.4, -0.2) is 5.78 Å². The number of Topliss-reactive ketones (excluding diaryl/α,β-unsaturated/α-hetero) is 1. The van der Waals surface area contributed by atoms with Crippen LogP contribution in [0.2, 0.25) is 0 Å². The number of alkyl halides is 3. The fraction of sp³-hybridized carbons (Fsp3) is 0.500. The zero-order valence-electron chi connectivity index (χ0n) is 10.9. The summed E-state index contributed by atoms with van der Waals surface area (Å²) in [5, 5.41) is 0. The van der Waals surface area contributed by atoms with Gasteiger partial charge in [-0.1, -0.05) is 26.7 Å². The van der Waals surface area contributed by atoms with Gasteiger partial charge in [0.1, 0.15) is 5.82 Å². The molecule has 0 saturated heterocycles. The molecular formula is C14H16F4O. The van der Waals surface area contributed by atoms with E-state index in [9.17, 15) is 22.4 Å². The third-order valence-corrected chi connectivity index (χ3v) is 3.22. The maximum atomic E-state index is 13.1. The summed E-state index contributed by atoms with van der Waals surface area (Å²) in [6.45, 7) is 3.75. The van der Waals surface area contributed by atoms with Crippen LogP contribution in [0.25, 0.3) is 0 Å². The van der Waals surface area contributed by atoms with Gasteiger partial charge in [0.15, 0.2) is 5.78 Å². The van der Waals surface area contributed by atoms with Gasteiger partial charge in [-0.05, 0) is 24.1 Å². The van der Waals surface area contributed by atoms with E-state index in [-0.39, 0.29) is 12.3 Å². The predicted octanol–water partition coefficient (Wildman–Crippen LogP) is 4.85. The molecule has 0 aliphatic rings. The fourth-order valence-electron chi connectivity index (χ4n) is 1.94. The maximum Gasteiger partial charge on any atom is 0.417 e. The van der Waals surface area contributed by atoms with E-state index in [4.69, 9.17) is 0 Å². The van der Waals surface area contributed by atoms with Crippen molar-refractivity contribution in [2.75, 3.05) is 0 Å². The molecule has 0 aliphatic heterocycles. The molecule has 1 aromatic carbocycles. The van der Waals surface area contributed by atoms with Crippen molar-refractivity contribution < 1.29 is 22.4 Å². The van der Waals surface area contributed by atoms with Gasteiger partial charge in [-0.25, -0.2) is 4.39 Å². The minimum Gasteiger partial charge on any atom is -0.294 e. The average molecular weight is 276 g/mol. The van der Waals surface area contributed by atoms with Crippen LogP contribution in [-0.2, 0) is 6.18 Å². The Kier molecular flexibility index (Phi) is 5.09. The minimum absolute atomic E-state index is 0.0134. The van der Waals surface area contributed by atoms with Crippen LogP contribution in [0.1, 0.15) is 49.0 Å². The van der Waals surface area contributed by atoms with E-state index < -0.39 is 28.9 Å². The zero-order chi connectivity index (χ0) is 14.6. The Balaban J connectivity index is 3.11. The first kappa shape index (κ1) is 15.7. The summed E-state index contributed by atoms with van der Waals surface area (Å²) in [7, 11) is 0. The van der Waals surface area contributed by atoms with Crippen LogP contribution < -0.4 is 0 Å². The normalized spacial score (nSPS) is 11.9. The number of carbonyl (C=O) groups is 1. The Morgan fingerprint density at radius 3 is 2.26 bits per heavy atom. The molecule has 0 N–H and O–H groups in total. The molecule has 0 aromatic heterocycles. The summed E-state index contributed by atoms with van der Waals surface area (Å²) < 4.78 is 51.4. The van der Waals surface area contributed by atoms with E-state index in [1.54, 1.807) is 0 Å². The van der Waals surface area contributed by atoms with Gasteiger partial charge < -0.3 is 0 Å². The van der Waals surface area contributed by atoms with Gasteiger partial charge in [-0.3, -0.25) is 4.79 Å². The first-order valence-electron chi connectivity index (χ1n) is 6.19. The zero-order valence-corrected chi connectivity index (χ0v) is 10.9. The second-order valence-electron chi connectivity index (χ2n) is 4.50. The molecule has 1 rings (SSSR count). The average Bonchev–Trinajstić information content (AvgIpc) is 2.34. The second-order valence-corrected chi connectivity index (χ2v) is 4.50. The molecule has 0 spiro atoms. The van der Waals surface area contributed by atoms with Crippen LogP contribution in [0.3, 0.4) is 0 Å². The van der Waals surface area contributed by atoms with E-state index in [0.717, 1.165) is 6.07 Å². The number of rotatable bonds is 5. The van der Waals surface area contributed by atoms with Crippen molar-refractivity contribution in [3.8, 4) is 0 Å². The van der Waals surface area contributed by atoms with Crippen LogP contribution in [0.4, 0.5) is 17.6 Å². The number of ketones is 1. The number of halogens is 4. The number of carbonyl (C=O) groups excluding carboxylic acids is 1. The molecule has 19 heavy (non-hydrogen) atoms. The topological polar surface area (TPSA) is 17.1 Å². The van der Waals surface area contributed by atoms with Gasteiger partial charge in [0.2, 0.25) is 0 Å². The molecule has 5 heteroatoms. The molecule has 0 radical (unpaired) electrons. The minimum atomic E-state index is -4.65. The van der Waals surface area contributed by atoms with Gasteiger partial charge in [0.25, 0.3) is 0 Å². The Labute approximate surface area is 109 Å². The number of benzene rings is 1. The Bertz CT molecular complexity index is 447.